The van der Waals surface area contributed by atoms with Gasteiger partial charge in [0.1, 0.15) is 0 Å². The zero-order valence-corrected chi connectivity index (χ0v) is 16.9. The molecule has 140 valence electrons. The maximum Gasteiger partial charge on any atom is 0.165 e. The van der Waals surface area contributed by atoms with Crippen LogP contribution in [0.2, 0.25) is 0 Å². The summed E-state index contributed by atoms with van der Waals surface area (Å²) in [5.41, 5.74) is 3.34. The number of hydrogen-bond donors (Lipinski definition) is 0. The smallest absolute Gasteiger partial charge is 0.165 e. The molecule has 0 radical (unpaired) electrons. The monoisotopic (exact) mass is 352 g/mol. The van der Waals surface area contributed by atoms with Gasteiger partial charge in [-0.2, -0.15) is 5.10 Å². The molecule has 2 aliphatic rings. The molecule has 1 aromatic heterocycles. The van der Waals surface area contributed by atoms with E-state index in [1.807, 2.05) is 0 Å². The van der Waals surface area contributed by atoms with Gasteiger partial charge in [0.2, 0.25) is 0 Å². The van der Waals surface area contributed by atoms with Crippen molar-refractivity contribution in [2.75, 3.05) is 13.1 Å². The standard InChI is InChI=1S/C22H32N4/c1-16(2)26-20(17-6-8-18(9-7-17)21(3,4)5)23-19(24-26)14-25-13-12-22(15-25)10-11-22/h6-9,16H,10-15H2,1-5H3. The maximum absolute atomic E-state index is 4.94. The van der Waals surface area contributed by atoms with Crippen LogP contribution in [0.1, 0.15) is 71.3 Å². The van der Waals surface area contributed by atoms with Crippen molar-refractivity contribution >= 4 is 0 Å². The number of hydrogen-bond acceptors (Lipinski definition) is 3. The van der Waals surface area contributed by atoms with Crippen molar-refractivity contribution in [2.24, 2.45) is 5.41 Å². The molecule has 4 heteroatoms. The fraction of sp³-hybridized carbons (Fsp3) is 0.636. The molecular formula is C22H32N4. The number of nitrogens with zero attached hydrogens (tertiary/aromatic N) is 4. The number of likely N-dealkylation sites (tertiary alicyclic amines) is 1. The first-order valence-corrected chi connectivity index (χ1v) is 10.0. The molecular weight excluding hydrogens is 320 g/mol. The summed E-state index contributed by atoms with van der Waals surface area (Å²) in [5.74, 6) is 1.96. The van der Waals surface area contributed by atoms with Crippen molar-refractivity contribution in [1.29, 1.82) is 0 Å². The van der Waals surface area contributed by atoms with E-state index in [1.165, 1.54) is 37.9 Å². The Kier molecular flexibility index (Phi) is 4.22. The first-order chi connectivity index (χ1) is 12.3. The lowest BCUT2D eigenvalue weighted by Crippen LogP contribution is -2.21. The van der Waals surface area contributed by atoms with Crippen LogP contribution >= 0.6 is 0 Å². The van der Waals surface area contributed by atoms with Crippen molar-refractivity contribution in [3.8, 4) is 11.4 Å². The quantitative estimate of drug-likeness (QED) is 0.792. The summed E-state index contributed by atoms with van der Waals surface area (Å²) in [6.45, 7) is 14.4. The van der Waals surface area contributed by atoms with Gasteiger partial charge in [0.15, 0.2) is 11.6 Å². The summed E-state index contributed by atoms with van der Waals surface area (Å²) in [7, 11) is 0. The first-order valence-electron chi connectivity index (χ1n) is 10.0. The second-order valence-corrected chi connectivity index (χ2v) is 9.68. The molecule has 1 aliphatic heterocycles. The van der Waals surface area contributed by atoms with E-state index in [4.69, 9.17) is 10.1 Å². The Bertz CT molecular complexity index is 775. The van der Waals surface area contributed by atoms with E-state index >= 15 is 0 Å². The van der Waals surface area contributed by atoms with Crippen LogP contribution in [0, 0.1) is 5.41 Å². The number of benzene rings is 1. The lowest BCUT2D eigenvalue weighted by atomic mass is 9.87. The molecule has 1 aromatic carbocycles. The van der Waals surface area contributed by atoms with Crippen LogP contribution in [0.4, 0.5) is 0 Å². The maximum atomic E-state index is 4.94. The lowest BCUT2D eigenvalue weighted by molar-refractivity contribution is 0.303. The van der Waals surface area contributed by atoms with Crippen molar-refractivity contribution in [1.82, 2.24) is 19.7 Å². The fourth-order valence-corrected chi connectivity index (χ4v) is 4.06. The zero-order chi connectivity index (χ0) is 18.5. The largest absolute Gasteiger partial charge is 0.295 e. The number of aromatic nitrogens is 3. The minimum atomic E-state index is 0.171. The molecule has 2 fully saturated rings. The second-order valence-electron chi connectivity index (χ2n) is 9.68. The molecule has 1 spiro atoms. The molecule has 0 amide bonds. The third kappa shape index (κ3) is 3.44. The highest BCUT2D eigenvalue weighted by molar-refractivity contribution is 5.56. The van der Waals surface area contributed by atoms with Crippen LogP contribution in [0.3, 0.4) is 0 Å². The van der Waals surface area contributed by atoms with E-state index in [0.717, 1.165) is 23.8 Å². The molecule has 0 unspecified atom stereocenters. The van der Waals surface area contributed by atoms with Gasteiger partial charge in [-0.05, 0) is 56.0 Å². The summed E-state index contributed by atoms with van der Waals surface area (Å²) in [6, 6.07) is 9.16. The Balaban J connectivity index is 1.58. The summed E-state index contributed by atoms with van der Waals surface area (Å²) in [5, 5.41) is 4.85. The fourth-order valence-electron chi connectivity index (χ4n) is 4.06. The van der Waals surface area contributed by atoms with Crippen molar-refractivity contribution in [3.05, 3.63) is 35.7 Å². The first kappa shape index (κ1) is 17.7. The van der Waals surface area contributed by atoms with Crippen molar-refractivity contribution in [2.45, 2.75) is 71.9 Å². The molecule has 26 heavy (non-hydrogen) atoms. The van der Waals surface area contributed by atoms with Gasteiger partial charge in [-0.15, -0.1) is 0 Å². The Hall–Kier alpha value is -1.68. The third-order valence-electron chi connectivity index (χ3n) is 6.01. The number of rotatable bonds is 4. The van der Waals surface area contributed by atoms with Gasteiger partial charge in [-0.1, -0.05) is 45.0 Å². The SMILES string of the molecule is CC(C)n1nc(CN2CCC3(CC3)C2)nc1-c1ccc(C(C)(C)C)cc1. The highest BCUT2D eigenvalue weighted by Crippen LogP contribution is 2.52. The zero-order valence-electron chi connectivity index (χ0n) is 16.9. The van der Waals surface area contributed by atoms with Gasteiger partial charge in [0.25, 0.3) is 0 Å². The minimum absolute atomic E-state index is 0.171. The Morgan fingerprint density at radius 1 is 1.08 bits per heavy atom. The predicted octanol–water partition coefficient (Wildman–Crippen LogP) is 4.81. The Labute approximate surface area is 157 Å². The Morgan fingerprint density at radius 2 is 1.77 bits per heavy atom. The molecule has 0 bridgehead atoms. The second kappa shape index (κ2) is 6.19. The van der Waals surface area contributed by atoms with Crippen LogP contribution in [0.5, 0.6) is 0 Å². The van der Waals surface area contributed by atoms with E-state index in [-0.39, 0.29) is 5.41 Å². The average molecular weight is 353 g/mol. The van der Waals surface area contributed by atoms with E-state index in [9.17, 15) is 0 Å². The molecule has 2 heterocycles. The van der Waals surface area contributed by atoms with Crippen LogP contribution in [0.25, 0.3) is 11.4 Å². The molecule has 4 nitrogen and oxygen atoms in total. The van der Waals surface area contributed by atoms with Crippen LogP contribution in [-0.2, 0) is 12.0 Å². The summed E-state index contributed by atoms with van der Waals surface area (Å²) in [6.07, 6.45) is 4.20. The molecule has 1 aliphatic carbocycles. The lowest BCUT2D eigenvalue weighted by Gasteiger charge is -2.19. The minimum Gasteiger partial charge on any atom is -0.295 e. The van der Waals surface area contributed by atoms with Gasteiger partial charge in [0.05, 0.1) is 6.54 Å². The molecule has 1 saturated heterocycles. The van der Waals surface area contributed by atoms with Crippen LogP contribution in [-0.4, -0.2) is 32.8 Å². The van der Waals surface area contributed by atoms with E-state index in [2.05, 4.69) is 68.5 Å². The van der Waals surface area contributed by atoms with E-state index in [1.54, 1.807) is 0 Å². The molecule has 2 aromatic rings. The van der Waals surface area contributed by atoms with Gasteiger partial charge in [0, 0.05) is 18.2 Å². The van der Waals surface area contributed by atoms with Crippen LogP contribution in [0.15, 0.2) is 24.3 Å². The van der Waals surface area contributed by atoms with Crippen LogP contribution < -0.4 is 0 Å². The van der Waals surface area contributed by atoms with Gasteiger partial charge in [-0.3, -0.25) is 4.90 Å². The normalized spacial score (nSPS) is 19.6. The average Bonchev–Trinajstić information content (AvgIpc) is 3.02. The van der Waals surface area contributed by atoms with E-state index < -0.39 is 0 Å². The van der Waals surface area contributed by atoms with Gasteiger partial charge >= 0.3 is 0 Å². The molecule has 4 rings (SSSR count). The summed E-state index contributed by atoms with van der Waals surface area (Å²) >= 11 is 0. The van der Waals surface area contributed by atoms with Crippen molar-refractivity contribution < 1.29 is 0 Å². The topological polar surface area (TPSA) is 34.0 Å². The molecule has 0 N–H and O–H groups in total. The predicted molar refractivity (Wildman–Crippen MR) is 106 cm³/mol. The van der Waals surface area contributed by atoms with E-state index in [0.29, 0.717) is 11.5 Å². The van der Waals surface area contributed by atoms with Crippen molar-refractivity contribution in [3.63, 3.8) is 0 Å². The highest BCUT2D eigenvalue weighted by atomic mass is 15.4. The van der Waals surface area contributed by atoms with Gasteiger partial charge < -0.3 is 0 Å². The summed E-state index contributed by atoms with van der Waals surface area (Å²) < 4.78 is 2.09. The highest BCUT2D eigenvalue weighted by Gasteiger charge is 2.47. The molecule has 1 saturated carbocycles. The Morgan fingerprint density at radius 3 is 2.31 bits per heavy atom. The molecule has 0 atom stereocenters. The summed E-state index contributed by atoms with van der Waals surface area (Å²) in [4.78, 5) is 7.48. The third-order valence-corrected chi connectivity index (χ3v) is 6.01. The van der Waals surface area contributed by atoms with Gasteiger partial charge in [-0.25, -0.2) is 9.67 Å².